The monoisotopic (exact) mass is 642 g/mol. The third-order valence-electron chi connectivity index (χ3n) is 9.75. The van der Waals surface area contributed by atoms with Crippen molar-refractivity contribution in [1.29, 1.82) is 0 Å². The van der Waals surface area contributed by atoms with E-state index in [1.54, 1.807) is 0 Å². The maximum Gasteiger partial charge on any atom is 0.0627 e. The molecule has 0 aliphatic rings. The first-order valence-electron chi connectivity index (χ1n) is 16.7. The molecule has 3 heterocycles. The van der Waals surface area contributed by atoms with E-state index in [0.717, 1.165) is 0 Å². The van der Waals surface area contributed by atoms with Crippen molar-refractivity contribution in [3.05, 3.63) is 182 Å². The van der Waals surface area contributed by atoms with Crippen LogP contribution in [0.4, 0.5) is 0 Å². The van der Waals surface area contributed by atoms with Gasteiger partial charge in [0.2, 0.25) is 0 Å². The first-order chi connectivity index (χ1) is 24.3. The van der Waals surface area contributed by atoms with Crippen LogP contribution in [-0.4, -0.2) is 9.13 Å². The zero-order valence-electron chi connectivity index (χ0n) is 26.6. The Morgan fingerprint density at radius 1 is 0.327 bits per heavy atom. The van der Waals surface area contributed by atoms with Gasteiger partial charge >= 0.3 is 0 Å². The van der Waals surface area contributed by atoms with E-state index < -0.39 is 0 Å². The van der Waals surface area contributed by atoms with Crippen molar-refractivity contribution in [1.82, 2.24) is 9.13 Å². The Kier molecular flexibility index (Phi) is 6.39. The molecule has 3 heteroatoms. The summed E-state index contributed by atoms with van der Waals surface area (Å²) in [6, 6.07) is 66.0. The molecule has 10 aromatic rings. The maximum absolute atomic E-state index is 2.42. The van der Waals surface area contributed by atoms with Crippen molar-refractivity contribution in [2.45, 2.75) is 0 Å². The van der Waals surface area contributed by atoms with Gasteiger partial charge in [-0.1, -0.05) is 127 Å². The molecule has 0 N–H and O–H groups in total. The highest BCUT2D eigenvalue weighted by Gasteiger charge is 2.19. The summed E-state index contributed by atoms with van der Waals surface area (Å²) in [5.41, 5.74) is 12.2. The van der Waals surface area contributed by atoms with E-state index in [0.29, 0.717) is 0 Å². The van der Waals surface area contributed by atoms with Crippen molar-refractivity contribution in [3.63, 3.8) is 0 Å². The average Bonchev–Trinajstić information content (AvgIpc) is 3.89. The Hall–Kier alpha value is -6.16. The fourth-order valence-electron chi connectivity index (χ4n) is 7.64. The molecule has 49 heavy (non-hydrogen) atoms. The lowest BCUT2D eigenvalue weighted by atomic mass is 9.99. The van der Waals surface area contributed by atoms with Crippen LogP contribution in [-0.2, 0) is 0 Å². The molecule has 2 nitrogen and oxygen atoms in total. The lowest BCUT2D eigenvalue weighted by Crippen LogP contribution is -1.95. The van der Waals surface area contributed by atoms with Gasteiger partial charge in [0.1, 0.15) is 0 Å². The first-order valence-corrected chi connectivity index (χ1v) is 17.5. The summed E-state index contributed by atoms with van der Waals surface area (Å²) in [6.45, 7) is 0. The summed E-state index contributed by atoms with van der Waals surface area (Å²) in [6.07, 6.45) is 0. The highest BCUT2D eigenvalue weighted by Crippen LogP contribution is 2.43. The number of aromatic nitrogens is 2. The highest BCUT2D eigenvalue weighted by molar-refractivity contribution is 7.18. The van der Waals surface area contributed by atoms with Gasteiger partial charge in [0.05, 0.1) is 22.1 Å². The molecule has 0 saturated carbocycles. The first kappa shape index (κ1) is 27.9. The molecule has 0 spiro atoms. The number of nitrogens with zero attached hydrogens (tertiary/aromatic N) is 2. The van der Waals surface area contributed by atoms with Crippen LogP contribution in [0.1, 0.15) is 0 Å². The van der Waals surface area contributed by atoms with E-state index in [-0.39, 0.29) is 0 Å². The number of benzene rings is 7. The zero-order valence-corrected chi connectivity index (χ0v) is 27.4. The minimum Gasteiger partial charge on any atom is -0.309 e. The van der Waals surface area contributed by atoms with E-state index in [4.69, 9.17) is 0 Å². The van der Waals surface area contributed by atoms with E-state index in [1.165, 1.54) is 87.0 Å². The molecule has 0 aliphatic heterocycles. The van der Waals surface area contributed by atoms with Crippen LogP contribution in [0.15, 0.2) is 182 Å². The second-order valence-corrected chi connectivity index (χ2v) is 13.6. The van der Waals surface area contributed by atoms with Crippen molar-refractivity contribution in [3.8, 4) is 43.4 Å². The number of rotatable bonds is 5. The topological polar surface area (TPSA) is 9.86 Å². The molecule has 0 aliphatic carbocycles. The number of thiophene rings is 1. The molecule has 230 valence electrons. The Balaban J connectivity index is 1.13. The number of para-hydroxylation sites is 6. The lowest BCUT2D eigenvalue weighted by Gasteiger charge is -2.12. The molecule has 10 rings (SSSR count). The van der Waals surface area contributed by atoms with Crippen molar-refractivity contribution >= 4 is 54.9 Å². The Morgan fingerprint density at radius 3 is 1.43 bits per heavy atom. The van der Waals surface area contributed by atoms with Gasteiger partial charge < -0.3 is 9.13 Å². The third-order valence-corrected chi connectivity index (χ3v) is 10.9. The fraction of sp³-hybridized carbons (Fsp3) is 0. The lowest BCUT2D eigenvalue weighted by molar-refractivity contribution is 1.18. The molecule has 0 saturated heterocycles. The zero-order chi connectivity index (χ0) is 32.3. The van der Waals surface area contributed by atoms with Gasteiger partial charge in [-0.15, -0.1) is 11.3 Å². The van der Waals surface area contributed by atoms with E-state index in [9.17, 15) is 0 Å². The van der Waals surface area contributed by atoms with Crippen molar-refractivity contribution < 1.29 is 0 Å². The molecule has 0 atom stereocenters. The predicted molar refractivity (Wildman–Crippen MR) is 209 cm³/mol. The summed E-state index contributed by atoms with van der Waals surface area (Å²) in [5.74, 6) is 0. The second-order valence-electron chi connectivity index (χ2n) is 12.5. The van der Waals surface area contributed by atoms with Crippen LogP contribution in [0, 0.1) is 0 Å². The number of hydrogen-bond donors (Lipinski definition) is 0. The smallest absolute Gasteiger partial charge is 0.0627 e. The summed E-state index contributed by atoms with van der Waals surface area (Å²) >= 11 is 1.86. The summed E-state index contributed by atoms with van der Waals surface area (Å²) in [7, 11) is 0. The van der Waals surface area contributed by atoms with Gasteiger partial charge in [0.15, 0.2) is 0 Å². The van der Waals surface area contributed by atoms with Crippen LogP contribution in [0.5, 0.6) is 0 Å². The third kappa shape index (κ3) is 4.40. The maximum atomic E-state index is 2.42. The number of hydrogen-bond acceptors (Lipinski definition) is 1. The minimum atomic E-state index is 1.17. The average molecular weight is 643 g/mol. The van der Waals surface area contributed by atoms with Gasteiger partial charge in [0.25, 0.3) is 0 Å². The quantitative estimate of drug-likeness (QED) is 0.177. The molecule has 7 aromatic carbocycles. The van der Waals surface area contributed by atoms with Crippen molar-refractivity contribution in [2.75, 3.05) is 0 Å². The molecule has 0 radical (unpaired) electrons. The Labute approximate surface area is 288 Å². The van der Waals surface area contributed by atoms with Gasteiger partial charge in [0, 0.05) is 53.8 Å². The Morgan fingerprint density at radius 2 is 0.796 bits per heavy atom. The van der Waals surface area contributed by atoms with Crippen molar-refractivity contribution in [2.24, 2.45) is 0 Å². The molecule has 0 fully saturated rings. The van der Waals surface area contributed by atoms with Crippen LogP contribution in [0.2, 0.25) is 0 Å². The van der Waals surface area contributed by atoms with Gasteiger partial charge in [-0.05, 0) is 65.7 Å². The van der Waals surface area contributed by atoms with E-state index in [1.807, 2.05) is 11.3 Å². The van der Waals surface area contributed by atoms with Crippen LogP contribution >= 0.6 is 11.3 Å². The summed E-state index contributed by atoms with van der Waals surface area (Å²) in [4.78, 5) is 2.52. The standard InChI is InChI=1S/C46H30N2S/c1-3-16-33(17-4-1)47-41-26-9-7-20-36(41)38-23-12-22-35(45(38)47)31-14-11-15-32(30-31)43-28-29-44(49-43)40-25-13-24-39-37-21-8-10-27-42(37)48(46(39)40)34-18-5-2-6-19-34/h1-30H. The van der Waals surface area contributed by atoms with Gasteiger partial charge in [-0.2, -0.15) is 0 Å². The molecular formula is C46H30N2S. The van der Waals surface area contributed by atoms with E-state index in [2.05, 4.69) is 191 Å². The van der Waals surface area contributed by atoms with Crippen LogP contribution < -0.4 is 0 Å². The molecule has 3 aromatic heterocycles. The largest absolute Gasteiger partial charge is 0.309 e. The highest BCUT2D eigenvalue weighted by atomic mass is 32.1. The van der Waals surface area contributed by atoms with E-state index >= 15 is 0 Å². The normalized spacial score (nSPS) is 11.7. The molecule has 0 unspecified atom stereocenters. The van der Waals surface area contributed by atoms with Crippen LogP contribution in [0.25, 0.3) is 87.0 Å². The fourth-order valence-corrected chi connectivity index (χ4v) is 8.67. The predicted octanol–water partition coefficient (Wildman–Crippen LogP) is 12.9. The minimum absolute atomic E-state index is 1.17. The second kappa shape index (κ2) is 11.2. The van der Waals surface area contributed by atoms with Gasteiger partial charge in [-0.3, -0.25) is 0 Å². The molecular weight excluding hydrogens is 613 g/mol. The summed E-state index contributed by atoms with van der Waals surface area (Å²) < 4.78 is 4.84. The SMILES string of the molecule is c1ccc(-n2c3ccccc3c3cccc(-c4cccc(-c5ccc(-c6cccc7c8ccccc8n(-c8ccccc8)c67)s5)c4)c32)cc1. The number of fused-ring (bicyclic) bond motifs is 6. The molecule has 0 bridgehead atoms. The van der Waals surface area contributed by atoms with Crippen LogP contribution in [0.3, 0.4) is 0 Å². The summed E-state index contributed by atoms with van der Waals surface area (Å²) in [5, 5.41) is 5.08. The Bertz CT molecular complexity index is 2820. The molecule has 0 amide bonds. The van der Waals surface area contributed by atoms with Gasteiger partial charge in [-0.25, -0.2) is 0 Å².